The molecule has 2 fully saturated rings. The highest BCUT2D eigenvalue weighted by atomic mass is 14.6. The van der Waals surface area contributed by atoms with Gasteiger partial charge in [-0.3, -0.25) is 0 Å². The van der Waals surface area contributed by atoms with Crippen LogP contribution in [0.15, 0.2) is 11.6 Å². The molecule has 0 bridgehead atoms. The van der Waals surface area contributed by atoms with Gasteiger partial charge in [-0.05, 0) is 73.5 Å². The van der Waals surface area contributed by atoms with E-state index in [1.165, 1.54) is 32.1 Å². The van der Waals surface area contributed by atoms with Gasteiger partial charge in [-0.1, -0.05) is 39.3 Å². The van der Waals surface area contributed by atoms with Gasteiger partial charge in [0.05, 0.1) is 0 Å². The minimum Gasteiger partial charge on any atom is -0.0848 e. The Morgan fingerprint density at radius 1 is 1.22 bits per heavy atom. The molecular weight excluding hydrogens is 216 g/mol. The normalized spacial score (nSPS) is 55.1. The Labute approximate surface area is 113 Å². The van der Waals surface area contributed by atoms with Crippen LogP contribution in [0, 0.1) is 34.5 Å². The van der Waals surface area contributed by atoms with Crippen molar-refractivity contribution in [3.63, 3.8) is 0 Å². The lowest BCUT2D eigenvalue weighted by molar-refractivity contribution is 0.139. The van der Waals surface area contributed by atoms with Crippen LogP contribution < -0.4 is 0 Å². The zero-order valence-electron chi connectivity index (χ0n) is 12.9. The monoisotopic (exact) mass is 246 g/mol. The molecule has 0 aromatic carbocycles. The Morgan fingerprint density at radius 2 is 1.94 bits per heavy atom. The molecule has 6 atom stereocenters. The van der Waals surface area contributed by atoms with Crippen LogP contribution in [0.25, 0.3) is 0 Å². The number of fused-ring (bicyclic) bond motifs is 3. The number of allylic oxidation sites excluding steroid dienone is 2. The van der Waals surface area contributed by atoms with Crippen molar-refractivity contribution in [1.82, 2.24) is 0 Å². The maximum Gasteiger partial charge on any atom is -0.00905 e. The fraction of sp³-hybridized carbons (Fsp3) is 0.889. The van der Waals surface area contributed by atoms with E-state index in [4.69, 9.17) is 0 Å². The van der Waals surface area contributed by atoms with Crippen molar-refractivity contribution in [3.05, 3.63) is 11.6 Å². The molecule has 18 heavy (non-hydrogen) atoms. The standard InChI is InChI=1S/C18H30/c1-6-17(4)12(2)7-9-14-15-10-8-13(3)18(15,5)11-16(14)17/h7,13-16H,6,8-11H2,1-5H3. The molecule has 0 saturated heterocycles. The van der Waals surface area contributed by atoms with Crippen LogP contribution in [-0.4, -0.2) is 0 Å². The zero-order chi connectivity index (χ0) is 13.1. The lowest BCUT2D eigenvalue weighted by Crippen LogP contribution is -2.35. The van der Waals surface area contributed by atoms with E-state index in [2.05, 4.69) is 40.7 Å². The molecule has 0 aliphatic heterocycles. The molecule has 0 amide bonds. The van der Waals surface area contributed by atoms with Crippen LogP contribution >= 0.6 is 0 Å². The summed E-state index contributed by atoms with van der Waals surface area (Å²) in [5.41, 5.74) is 2.84. The van der Waals surface area contributed by atoms with Crippen molar-refractivity contribution in [3.8, 4) is 0 Å². The van der Waals surface area contributed by atoms with Crippen molar-refractivity contribution < 1.29 is 0 Å². The SMILES string of the molecule is CCC1(C)C(C)=CCC2C1CC1(C)C(C)CCC21. The van der Waals surface area contributed by atoms with Crippen molar-refractivity contribution in [2.45, 2.75) is 66.7 Å². The molecule has 0 spiro atoms. The summed E-state index contributed by atoms with van der Waals surface area (Å²) in [6.07, 6.45) is 9.77. The minimum atomic E-state index is 0.496. The molecule has 102 valence electrons. The number of hydrogen-bond acceptors (Lipinski definition) is 0. The van der Waals surface area contributed by atoms with Gasteiger partial charge in [0.1, 0.15) is 0 Å². The van der Waals surface area contributed by atoms with E-state index in [1.54, 1.807) is 5.57 Å². The summed E-state index contributed by atoms with van der Waals surface area (Å²) >= 11 is 0. The van der Waals surface area contributed by atoms with Gasteiger partial charge in [-0.2, -0.15) is 0 Å². The first-order valence-electron chi connectivity index (χ1n) is 8.10. The van der Waals surface area contributed by atoms with Crippen molar-refractivity contribution in [2.75, 3.05) is 0 Å². The predicted octanol–water partition coefficient (Wildman–Crippen LogP) is 5.44. The molecule has 0 heterocycles. The van der Waals surface area contributed by atoms with Crippen LogP contribution in [0.1, 0.15) is 66.7 Å². The summed E-state index contributed by atoms with van der Waals surface area (Å²) in [6, 6.07) is 0. The Balaban J connectivity index is 1.99. The third kappa shape index (κ3) is 1.38. The molecule has 6 unspecified atom stereocenters. The van der Waals surface area contributed by atoms with E-state index < -0.39 is 0 Å². The van der Waals surface area contributed by atoms with E-state index >= 15 is 0 Å². The second-order valence-electron chi connectivity index (χ2n) is 7.96. The summed E-state index contributed by atoms with van der Waals surface area (Å²) < 4.78 is 0. The number of hydrogen-bond donors (Lipinski definition) is 0. The Bertz CT molecular complexity index is 379. The highest BCUT2D eigenvalue weighted by Gasteiger charge is 2.60. The molecule has 3 aliphatic carbocycles. The summed E-state index contributed by atoms with van der Waals surface area (Å²) in [5.74, 6) is 3.93. The second-order valence-corrected chi connectivity index (χ2v) is 7.96. The Hall–Kier alpha value is -0.260. The highest BCUT2D eigenvalue weighted by molar-refractivity contribution is 5.22. The van der Waals surface area contributed by atoms with Crippen LogP contribution in [0.5, 0.6) is 0 Å². The Morgan fingerprint density at radius 3 is 2.61 bits per heavy atom. The smallest absolute Gasteiger partial charge is 0.00905 e. The van der Waals surface area contributed by atoms with E-state index in [9.17, 15) is 0 Å². The van der Waals surface area contributed by atoms with Crippen molar-refractivity contribution in [2.24, 2.45) is 34.5 Å². The van der Waals surface area contributed by atoms with E-state index in [-0.39, 0.29) is 0 Å². The van der Waals surface area contributed by atoms with Gasteiger partial charge >= 0.3 is 0 Å². The van der Waals surface area contributed by atoms with E-state index in [1.807, 2.05) is 0 Å². The molecule has 3 aliphatic rings. The summed E-state index contributed by atoms with van der Waals surface area (Å²) in [4.78, 5) is 0. The molecule has 0 aromatic rings. The first-order valence-corrected chi connectivity index (χ1v) is 8.10. The van der Waals surface area contributed by atoms with Gasteiger partial charge in [0.15, 0.2) is 0 Å². The zero-order valence-corrected chi connectivity index (χ0v) is 12.9. The Kier molecular flexibility index (Phi) is 2.74. The fourth-order valence-corrected chi connectivity index (χ4v) is 5.82. The molecule has 0 nitrogen and oxygen atoms in total. The topological polar surface area (TPSA) is 0 Å². The summed E-state index contributed by atoms with van der Waals surface area (Å²) in [7, 11) is 0. The van der Waals surface area contributed by atoms with Gasteiger partial charge in [0, 0.05) is 0 Å². The van der Waals surface area contributed by atoms with E-state index in [0.717, 1.165) is 23.7 Å². The second kappa shape index (κ2) is 3.87. The average molecular weight is 246 g/mol. The maximum absolute atomic E-state index is 2.61. The minimum absolute atomic E-state index is 0.496. The molecular formula is C18H30. The van der Waals surface area contributed by atoms with Crippen LogP contribution in [0.2, 0.25) is 0 Å². The van der Waals surface area contributed by atoms with Gasteiger partial charge < -0.3 is 0 Å². The first-order chi connectivity index (χ1) is 8.43. The number of rotatable bonds is 1. The molecule has 0 radical (unpaired) electrons. The van der Waals surface area contributed by atoms with Gasteiger partial charge in [-0.15, -0.1) is 0 Å². The van der Waals surface area contributed by atoms with Crippen LogP contribution in [0.4, 0.5) is 0 Å². The van der Waals surface area contributed by atoms with Crippen molar-refractivity contribution >= 4 is 0 Å². The quantitative estimate of drug-likeness (QED) is 0.540. The molecule has 2 saturated carbocycles. The maximum atomic E-state index is 2.61. The van der Waals surface area contributed by atoms with Crippen LogP contribution in [-0.2, 0) is 0 Å². The average Bonchev–Trinajstić information content (AvgIpc) is 2.80. The third-order valence-electron chi connectivity index (χ3n) is 7.73. The fourth-order valence-electron chi connectivity index (χ4n) is 5.82. The van der Waals surface area contributed by atoms with Gasteiger partial charge in [0.2, 0.25) is 0 Å². The lowest BCUT2D eigenvalue weighted by Gasteiger charge is -2.44. The highest BCUT2D eigenvalue weighted by Crippen LogP contribution is 2.68. The van der Waals surface area contributed by atoms with Gasteiger partial charge in [-0.25, -0.2) is 0 Å². The van der Waals surface area contributed by atoms with Crippen LogP contribution in [0.3, 0.4) is 0 Å². The third-order valence-corrected chi connectivity index (χ3v) is 7.73. The van der Waals surface area contributed by atoms with Gasteiger partial charge in [0.25, 0.3) is 0 Å². The summed E-state index contributed by atoms with van der Waals surface area (Å²) in [6.45, 7) is 12.5. The predicted molar refractivity (Wildman–Crippen MR) is 78.4 cm³/mol. The molecule has 3 rings (SSSR count). The first kappa shape index (κ1) is 12.8. The molecule has 0 N–H and O–H groups in total. The van der Waals surface area contributed by atoms with Crippen molar-refractivity contribution in [1.29, 1.82) is 0 Å². The molecule has 0 heteroatoms. The lowest BCUT2D eigenvalue weighted by atomic mass is 9.61. The summed E-state index contributed by atoms with van der Waals surface area (Å²) in [5, 5.41) is 0. The van der Waals surface area contributed by atoms with E-state index in [0.29, 0.717) is 10.8 Å². The molecule has 0 aromatic heterocycles. The largest absolute Gasteiger partial charge is 0.0848 e.